The van der Waals surface area contributed by atoms with Crippen molar-refractivity contribution in [3.05, 3.63) is 0 Å². The Morgan fingerprint density at radius 1 is 1.32 bits per heavy atom. The SMILES string of the molecule is CCN(CC)C(=O)C1CC(=O)N(C2CCOCC2)C1. The van der Waals surface area contributed by atoms with Gasteiger partial charge in [0.1, 0.15) is 0 Å². The van der Waals surface area contributed by atoms with E-state index in [9.17, 15) is 9.59 Å². The summed E-state index contributed by atoms with van der Waals surface area (Å²) in [7, 11) is 0. The second-order valence-corrected chi connectivity index (χ2v) is 5.30. The van der Waals surface area contributed by atoms with Crippen LogP contribution in [0.4, 0.5) is 0 Å². The highest BCUT2D eigenvalue weighted by Crippen LogP contribution is 2.26. The van der Waals surface area contributed by atoms with Crippen molar-refractivity contribution < 1.29 is 14.3 Å². The molecule has 0 saturated carbocycles. The van der Waals surface area contributed by atoms with Gasteiger partial charge in [-0.1, -0.05) is 0 Å². The second-order valence-electron chi connectivity index (χ2n) is 5.30. The van der Waals surface area contributed by atoms with Crippen LogP contribution in [0, 0.1) is 5.92 Å². The van der Waals surface area contributed by atoms with Crippen molar-refractivity contribution >= 4 is 11.8 Å². The first kappa shape index (κ1) is 14.3. The Kier molecular flexibility index (Phi) is 4.80. The largest absolute Gasteiger partial charge is 0.381 e. The molecule has 108 valence electrons. The summed E-state index contributed by atoms with van der Waals surface area (Å²) in [5.41, 5.74) is 0. The number of rotatable bonds is 4. The Hall–Kier alpha value is -1.10. The maximum atomic E-state index is 12.3. The first-order valence-electron chi connectivity index (χ1n) is 7.33. The van der Waals surface area contributed by atoms with E-state index in [-0.39, 0.29) is 23.8 Å². The Balaban J connectivity index is 1.96. The lowest BCUT2D eigenvalue weighted by molar-refractivity contribution is -0.135. The minimum Gasteiger partial charge on any atom is -0.381 e. The fourth-order valence-electron chi connectivity index (χ4n) is 3.04. The molecule has 5 heteroatoms. The van der Waals surface area contributed by atoms with Gasteiger partial charge in [-0.15, -0.1) is 0 Å². The molecule has 2 amide bonds. The van der Waals surface area contributed by atoms with Crippen molar-refractivity contribution in [3.63, 3.8) is 0 Å². The van der Waals surface area contributed by atoms with Crippen molar-refractivity contribution in [2.75, 3.05) is 32.8 Å². The summed E-state index contributed by atoms with van der Waals surface area (Å²) in [6.07, 6.45) is 2.18. The highest BCUT2D eigenvalue weighted by atomic mass is 16.5. The van der Waals surface area contributed by atoms with Gasteiger partial charge >= 0.3 is 0 Å². The predicted octanol–water partition coefficient (Wildman–Crippen LogP) is 0.882. The molecule has 2 saturated heterocycles. The summed E-state index contributed by atoms with van der Waals surface area (Å²) in [6, 6.07) is 0.274. The summed E-state index contributed by atoms with van der Waals surface area (Å²) < 4.78 is 5.33. The van der Waals surface area contributed by atoms with Gasteiger partial charge in [-0.3, -0.25) is 9.59 Å². The molecule has 2 fully saturated rings. The molecule has 1 atom stereocenters. The summed E-state index contributed by atoms with van der Waals surface area (Å²) in [5.74, 6) is 0.126. The van der Waals surface area contributed by atoms with Crippen LogP contribution >= 0.6 is 0 Å². The zero-order valence-corrected chi connectivity index (χ0v) is 11.9. The van der Waals surface area contributed by atoms with E-state index in [4.69, 9.17) is 4.74 Å². The number of ether oxygens (including phenoxy) is 1. The quantitative estimate of drug-likeness (QED) is 0.760. The van der Waals surface area contributed by atoms with E-state index in [1.807, 2.05) is 23.6 Å². The van der Waals surface area contributed by atoms with Gasteiger partial charge in [0.2, 0.25) is 11.8 Å². The normalized spacial score (nSPS) is 24.8. The summed E-state index contributed by atoms with van der Waals surface area (Å²) in [6.45, 7) is 7.45. The highest BCUT2D eigenvalue weighted by molar-refractivity contribution is 5.89. The molecule has 2 aliphatic heterocycles. The number of hydrogen-bond donors (Lipinski definition) is 0. The number of likely N-dealkylation sites (tertiary alicyclic amines) is 1. The van der Waals surface area contributed by atoms with E-state index in [0.29, 0.717) is 13.0 Å². The Bertz CT molecular complexity index is 336. The lowest BCUT2D eigenvalue weighted by atomic mass is 10.1. The monoisotopic (exact) mass is 268 g/mol. The van der Waals surface area contributed by atoms with Crippen LogP contribution in [-0.2, 0) is 14.3 Å². The van der Waals surface area contributed by atoms with Crippen molar-refractivity contribution in [2.24, 2.45) is 5.92 Å². The molecule has 1 unspecified atom stereocenters. The highest BCUT2D eigenvalue weighted by Gasteiger charge is 2.39. The van der Waals surface area contributed by atoms with Gasteiger partial charge in [-0.05, 0) is 26.7 Å². The molecule has 2 aliphatic rings. The van der Waals surface area contributed by atoms with Gasteiger partial charge in [0.25, 0.3) is 0 Å². The molecule has 2 heterocycles. The van der Waals surface area contributed by atoms with Crippen LogP contribution in [0.3, 0.4) is 0 Å². The Morgan fingerprint density at radius 2 is 1.95 bits per heavy atom. The first-order valence-corrected chi connectivity index (χ1v) is 7.33. The first-order chi connectivity index (χ1) is 9.17. The molecular formula is C14H24N2O3. The molecule has 0 bridgehead atoms. The van der Waals surface area contributed by atoms with Crippen molar-refractivity contribution in [3.8, 4) is 0 Å². The smallest absolute Gasteiger partial charge is 0.227 e. The van der Waals surface area contributed by atoms with E-state index in [2.05, 4.69) is 0 Å². The molecule has 0 N–H and O–H groups in total. The van der Waals surface area contributed by atoms with Crippen LogP contribution < -0.4 is 0 Å². The van der Waals surface area contributed by atoms with E-state index in [1.54, 1.807) is 0 Å². The average molecular weight is 268 g/mol. The molecule has 0 aliphatic carbocycles. The Labute approximate surface area is 114 Å². The molecule has 19 heavy (non-hydrogen) atoms. The second kappa shape index (κ2) is 6.37. The zero-order chi connectivity index (χ0) is 13.8. The lowest BCUT2D eigenvalue weighted by Gasteiger charge is -2.31. The van der Waals surface area contributed by atoms with Crippen molar-refractivity contribution in [2.45, 2.75) is 39.2 Å². The topological polar surface area (TPSA) is 49.9 Å². The minimum absolute atomic E-state index is 0.132. The van der Waals surface area contributed by atoms with Gasteiger partial charge in [0.15, 0.2) is 0 Å². The molecule has 2 rings (SSSR count). The summed E-state index contributed by atoms with van der Waals surface area (Å²) >= 11 is 0. The standard InChI is InChI=1S/C14H24N2O3/c1-3-15(4-2)14(18)11-9-13(17)16(10-11)12-5-7-19-8-6-12/h11-12H,3-10H2,1-2H3. The Morgan fingerprint density at radius 3 is 2.53 bits per heavy atom. The molecule has 0 radical (unpaired) electrons. The molecular weight excluding hydrogens is 244 g/mol. The van der Waals surface area contributed by atoms with Gasteiger partial charge < -0.3 is 14.5 Å². The molecule has 5 nitrogen and oxygen atoms in total. The maximum Gasteiger partial charge on any atom is 0.227 e. The van der Waals surface area contributed by atoms with Crippen LogP contribution in [0.2, 0.25) is 0 Å². The lowest BCUT2D eigenvalue weighted by Crippen LogP contribution is -2.42. The molecule has 0 spiro atoms. The third-order valence-electron chi connectivity index (χ3n) is 4.21. The number of nitrogens with zero attached hydrogens (tertiary/aromatic N) is 2. The molecule has 0 aromatic rings. The van der Waals surface area contributed by atoms with Crippen molar-refractivity contribution in [1.29, 1.82) is 0 Å². The van der Waals surface area contributed by atoms with E-state index in [1.165, 1.54) is 0 Å². The third kappa shape index (κ3) is 3.08. The van der Waals surface area contributed by atoms with Crippen LogP contribution in [0.15, 0.2) is 0 Å². The van der Waals surface area contributed by atoms with E-state index >= 15 is 0 Å². The van der Waals surface area contributed by atoms with E-state index < -0.39 is 0 Å². The van der Waals surface area contributed by atoms with E-state index in [0.717, 1.165) is 39.1 Å². The van der Waals surface area contributed by atoms with Crippen molar-refractivity contribution in [1.82, 2.24) is 9.80 Å². The third-order valence-corrected chi connectivity index (χ3v) is 4.21. The number of carbonyl (C=O) groups excluding carboxylic acids is 2. The van der Waals surface area contributed by atoms with Gasteiger partial charge in [-0.25, -0.2) is 0 Å². The summed E-state index contributed by atoms with van der Waals surface area (Å²) in [4.78, 5) is 28.1. The number of amides is 2. The maximum absolute atomic E-state index is 12.3. The van der Waals surface area contributed by atoms with Gasteiger partial charge in [-0.2, -0.15) is 0 Å². The van der Waals surface area contributed by atoms with Gasteiger partial charge in [0, 0.05) is 45.3 Å². The van der Waals surface area contributed by atoms with Crippen LogP contribution in [0.25, 0.3) is 0 Å². The number of hydrogen-bond acceptors (Lipinski definition) is 3. The summed E-state index contributed by atoms with van der Waals surface area (Å²) in [5, 5.41) is 0. The predicted molar refractivity (Wildman–Crippen MR) is 71.6 cm³/mol. The molecule has 0 aromatic heterocycles. The fourth-order valence-corrected chi connectivity index (χ4v) is 3.04. The van der Waals surface area contributed by atoms with Crippen LogP contribution in [0.1, 0.15) is 33.1 Å². The van der Waals surface area contributed by atoms with Crippen LogP contribution in [-0.4, -0.2) is 60.5 Å². The molecule has 0 aromatic carbocycles. The average Bonchev–Trinajstić information content (AvgIpc) is 2.83. The number of carbonyl (C=O) groups is 2. The van der Waals surface area contributed by atoms with Crippen LogP contribution in [0.5, 0.6) is 0 Å². The zero-order valence-electron chi connectivity index (χ0n) is 11.9. The minimum atomic E-state index is -0.143. The fraction of sp³-hybridized carbons (Fsp3) is 0.857. The van der Waals surface area contributed by atoms with Gasteiger partial charge in [0.05, 0.1) is 5.92 Å².